The van der Waals surface area contributed by atoms with Crippen LogP contribution in [0.3, 0.4) is 0 Å². The first-order chi connectivity index (χ1) is 12.8. The van der Waals surface area contributed by atoms with E-state index in [2.05, 4.69) is 14.3 Å². The summed E-state index contributed by atoms with van der Waals surface area (Å²) in [6.45, 7) is -0.138. The standard InChI is InChI=1S/C16H12F3N3O4S/c17-15-6-16(18)12(5-11(15)7-22-10-20-9-21-22)8-25-13-1-3-14(4-2-13)26-27(19,23)24/h1-6,9-10H,7-8H2. The van der Waals surface area contributed by atoms with Gasteiger partial charge in [-0.3, -0.25) is 0 Å². The SMILES string of the molecule is O=S(=O)(F)Oc1ccc(OCc2cc(Cn3cncn3)c(F)cc2F)cc1. The average molecular weight is 399 g/mol. The molecule has 0 aliphatic carbocycles. The lowest BCUT2D eigenvalue weighted by atomic mass is 10.1. The second kappa shape index (κ2) is 7.66. The summed E-state index contributed by atoms with van der Waals surface area (Å²) in [5.74, 6) is -1.49. The number of rotatable bonds is 7. The first-order valence-corrected chi connectivity index (χ1v) is 8.77. The molecule has 2 aromatic carbocycles. The summed E-state index contributed by atoms with van der Waals surface area (Å²) in [5.41, 5.74) is 0.315. The summed E-state index contributed by atoms with van der Waals surface area (Å²) in [6.07, 6.45) is 2.70. The van der Waals surface area contributed by atoms with Crippen LogP contribution in [0.25, 0.3) is 0 Å². The van der Waals surface area contributed by atoms with Gasteiger partial charge in [0.05, 0.1) is 6.54 Å². The lowest BCUT2D eigenvalue weighted by Crippen LogP contribution is -2.06. The van der Waals surface area contributed by atoms with Crippen LogP contribution in [-0.4, -0.2) is 23.2 Å². The molecule has 1 aromatic heterocycles. The molecule has 0 aliphatic rings. The second-order valence-corrected chi connectivity index (χ2v) is 6.32. The van der Waals surface area contributed by atoms with Crippen LogP contribution < -0.4 is 8.92 Å². The Morgan fingerprint density at radius 3 is 2.30 bits per heavy atom. The van der Waals surface area contributed by atoms with Crippen molar-refractivity contribution in [3.05, 3.63) is 71.8 Å². The number of hydrogen-bond donors (Lipinski definition) is 0. The van der Waals surface area contributed by atoms with E-state index in [9.17, 15) is 21.1 Å². The predicted octanol–water partition coefficient (Wildman–Crippen LogP) is 2.78. The van der Waals surface area contributed by atoms with Crippen molar-refractivity contribution in [3.8, 4) is 11.5 Å². The smallest absolute Gasteiger partial charge is 0.488 e. The number of hydrogen-bond acceptors (Lipinski definition) is 6. The van der Waals surface area contributed by atoms with Crippen molar-refractivity contribution in [2.24, 2.45) is 0 Å². The zero-order valence-corrected chi connectivity index (χ0v) is 14.4. The van der Waals surface area contributed by atoms with Gasteiger partial charge in [-0.25, -0.2) is 18.4 Å². The molecule has 0 radical (unpaired) electrons. The molecule has 1 heterocycles. The van der Waals surface area contributed by atoms with Crippen molar-refractivity contribution >= 4 is 10.5 Å². The van der Waals surface area contributed by atoms with Crippen LogP contribution in [0, 0.1) is 11.6 Å². The Kier molecular flexibility index (Phi) is 5.31. The molecule has 0 saturated carbocycles. The summed E-state index contributed by atoms with van der Waals surface area (Å²) in [7, 11) is -5.12. The van der Waals surface area contributed by atoms with E-state index in [0.717, 1.165) is 6.07 Å². The van der Waals surface area contributed by atoms with Crippen molar-refractivity contribution in [1.82, 2.24) is 14.8 Å². The number of ether oxygens (including phenoxy) is 1. The van der Waals surface area contributed by atoms with Crippen LogP contribution in [0.4, 0.5) is 12.7 Å². The minimum atomic E-state index is -5.12. The topological polar surface area (TPSA) is 83.3 Å². The van der Waals surface area contributed by atoms with Gasteiger partial charge in [-0.15, -0.1) is 0 Å². The summed E-state index contributed by atoms with van der Waals surface area (Å²) in [5, 5.41) is 3.86. The van der Waals surface area contributed by atoms with Gasteiger partial charge in [0.1, 0.15) is 42.4 Å². The van der Waals surface area contributed by atoms with Gasteiger partial charge in [-0.1, -0.05) is 3.89 Å². The first kappa shape index (κ1) is 18.7. The molecule has 7 nitrogen and oxygen atoms in total. The van der Waals surface area contributed by atoms with Crippen LogP contribution in [0.5, 0.6) is 11.5 Å². The van der Waals surface area contributed by atoms with Crippen LogP contribution in [0.2, 0.25) is 0 Å². The van der Waals surface area contributed by atoms with E-state index in [0.29, 0.717) is 0 Å². The molecule has 142 valence electrons. The number of nitrogens with zero attached hydrogens (tertiary/aromatic N) is 3. The predicted molar refractivity (Wildman–Crippen MR) is 86.9 cm³/mol. The zero-order chi connectivity index (χ0) is 19.4. The third kappa shape index (κ3) is 5.20. The van der Waals surface area contributed by atoms with Crippen LogP contribution in [0.15, 0.2) is 49.1 Å². The molecule has 0 saturated heterocycles. The van der Waals surface area contributed by atoms with Gasteiger partial charge in [0.15, 0.2) is 0 Å². The summed E-state index contributed by atoms with van der Waals surface area (Å²) in [6, 6.07) is 7.05. The van der Waals surface area contributed by atoms with Crippen molar-refractivity contribution in [3.63, 3.8) is 0 Å². The third-order valence-electron chi connectivity index (χ3n) is 3.43. The molecule has 0 aliphatic heterocycles. The van der Waals surface area contributed by atoms with Gasteiger partial charge < -0.3 is 8.92 Å². The zero-order valence-electron chi connectivity index (χ0n) is 13.5. The minimum Gasteiger partial charge on any atom is -0.489 e. The normalized spacial score (nSPS) is 11.4. The summed E-state index contributed by atoms with van der Waals surface area (Å²) < 4.78 is 72.0. The van der Waals surface area contributed by atoms with Crippen molar-refractivity contribution in [1.29, 1.82) is 0 Å². The molecule has 3 aromatic rings. The van der Waals surface area contributed by atoms with Gasteiger partial charge >= 0.3 is 10.5 Å². The maximum atomic E-state index is 14.0. The third-order valence-corrected chi connectivity index (χ3v) is 3.82. The highest BCUT2D eigenvalue weighted by Crippen LogP contribution is 2.22. The molecule has 27 heavy (non-hydrogen) atoms. The highest BCUT2D eigenvalue weighted by atomic mass is 32.3. The second-order valence-electron chi connectivity index (χ2n) is 5.36. The van der Waals surface area contributed by atoms with Crippen LogP contribution in [-0.2, 0) is 23.7 Å². The van der Waals surface area contributed by atoms with E-state index >= 15 is 0 Å². The molecule has 11 heteroatoms. The molecular weight excluding hydrogens is 387 g/mol. The maximum absolute atomic E-state index is 14.0. The Bertz CT molecular complexity index is 1030. The van der Waals surface area contributed by atoms with Gasteiger partial charge in [0, 0.05) is 17.2 Å². The molecule has 0 N–H and O–H groups in total. The molecule has 0 amide bonds. The van der Waals surface area contributed by atoms with Gasteiger partial charge in [-0.2, -0.15) is 13.5 Å². The number of halogens is 3. The first-order valence-electron chi connectivity index (χ1n) is 7.46. The molecular formula is C16H12F3N3O4S. The largest absolute Gasteiger partial charge is 0.489 e. The Morgan fingerprint density at radius 2 is 1.67 bits per heavy atom. The number of benzene rings is 2. The Morgan fingerprint density at radius 1 is 1.00 bits per heavy atom. The Balaban J connectivity index is 1.70. The molecule has 0 spiro atoms. The molecule has 0 bridgehead atoms. The summed E-state index contributed by atoms with van der Waals surface area (Å²) >= 11 is 0. The monoisotopic (exact) mass is 399 g/mol. The van der Waals surface area contributed by atoms with Crippen molar-refractivity contribution in [2.75, 3.05) is 0 Å². The number of aromatic nitrogens is 3. The van der Waals surface area contributed by atoms with E-state index in [1.54, 1.807) is 0 Å². The van der Waals surface area contributed by atoms with Gasteiger partial charge in [0.2, 0.25) is 0 Å². The van der Waals surface area contributed by atoms with E-state index < -0.39 is 22.1 Å². The molecule has 3 rings (SSSR count). The minimum absolute atomic E-state index is 0.0723. The fourth-order valence-electron chi connectivity index (χ4n) is 2.23. The lowest BCUT2D eigenvalue weighted by molar-refractivity contribution is 0.298. The van der Waals surface area contributed by atoms with Gasteiger partial charge in [-0.05, 0) is 30.3 Å². The lowest BCUT2D eigenvalue weighted by Gasteiger charge is -2.10. The van der Waals surface area contributed by atoms with E-state index in [1.807, 2.05) is 0 Å². The summed E-state index contributed by atoms with van der Waals surface area (Å²) in [4.78, 5) is 3.75. The molecule has 0 fully saturated rings. The van der Waals surface area contributed by atoms with E-state index in [-0.39, 0.29) is 35.8 Å². The van der Waals surface area contributed by atoms with Crippen molar-refractivity contribution in [2.45, 2.75) is 13.2 Å². The van der Waals surface area contributed by atoms with Crippen LogP contribution >= 0.6 is 0 Å². The highest BCUT2D eigenvalue weighted by molar-refractivity contribution is 7.81. The maximum Gasteiger partial charge on any atom is 0.488 e. The van der Waals surface area contributed by atoms with Crippen LogP contribution in [0.1, 0.15) is 11.1 Å². The molecule has 0 atom stereocenters. The van der Waals surface area contributed by atoms with Gasteiger partial charge in [0.25, 0.3) is 0 Å². The fourth-order valence-corrected chi connectivity index (χ4v) is 2.57. The molecule has 0 unspecified atom stereocenters. The average Bonchev–Trinajstić information content (AvgIpc) is 3.09. The van der Waals surface area contributed by atoms with E-state index in [4.69, 9.17) is 4.74 Å². The highest BCUT2D eigenvalue weighted by Gasteiger charge is 2.12. The Labute approximate surface area is 152 Å². The quantitative estimate of drug-likeness (QED) is 0.568. The Hall–Kier alpha value is -3.08. The van der Waals surface area contributed by atoms with Crippen molar-refractivity contribution < 1.29 is 30.0 Å². The fraction of sp³-hybridized carbons (Fsp3) is 0.125. The van der Waals surface area contributed by atoms with E-state index in [1.165, 1.54) is 47.7 Å².